The smallest absolute Gasteiger partial charge is 0.252 e. The largest absolute Gasteiger partial charge is 0.348 e. The van der Waals surface area contributed by atoms with Crippen LogP contribution in [0.15, 0.2) is 36.5 Å². The minimum Gasteiger partial charge on any atom is -0.348 e. The first-order chi connectivity index (χ1) is 13.5. The molecule has 0 aliphatic heterocycles. The van der Waals surface area contributed by atoms with E-state index in [4.69, 9.17) is 10.7 Å². The molecule has 0 saturated heterocycles. The quantitative estimate of drug-likeness (QED) is 0.587. The van der Waals surface area contributed by atoms with Crippen molar-refractivity contribution in [1.29, 1.82) is 0 Å². The van der Waals surface area contributed by atoms with Crippen LogP contribution in [-0.2, 0) is 0 Å². The Balaban J connectivity index is 0.00000160. The zero-order valence-corrected chi connectivity index (χ0v) is 19.1. The van der Waals surface area contributed by atoms with Crippen molar-refractivity contribution in [3.05, 3.63) is 47.7 Å². The Kier molecular flexibility index (Phi) is 7.86. The van der Waals surface area contributed by atoms with E-state index < -0.39 is 0 Å². The molecular weight excluding hydrogens is 421 g/mol. The number of halogens is 2. The van der Waals surface area contributed by atoms with Crippen molar-refractivity contribution in [3.8, 4) is 11.3 Å². The number of hydrogen-bond donors (Lipinski definition) is 2. The Morgan fingerprint density at radius 3 is 2.57 bits per heavy atom. The van der Waals surface area contributed by atoms with Gasteiger partial charge in [-0.2, -0.15) is 5.10 Å². The molecule has 1 aromatic carbocycles. The molecule has 3 N–H and O–H groups in total. The van der Waals surface area contributed by atoms with Gasteiger partial charge in [-0.15, -0.1) is 24.8 Å². The number of carbonyl (C=O) groups excluding carboxylic acids is 1. The maximum Gasteiger partial charge on any atom is 0.252 e. The average Bonchev–Trinajstić information content (AvgIpc) is 3.43. The Bertz CT molecular complexity index is 1030. The second-order valence-electron chi connectivity index (χ2n) is 7.94. The molecule has 2 heterocycles. The molecule has 162 valence electrons. The van der Waals surface area contributed by atoms with Gasteiger partial charge in [0.25, 0.3) is 5.91 Å². The molecular formula is C22H29Cl2N5O. The van der Waals surface area contributed by atoms with Crippen molar-refractivity contribution in [2.75, 3.05) is 6.54 Å². The van der Waals surface area contributed by atoms with E-state index in [1.165, 1.54) is 0 Å². The summed E-state index contributed by atoms with van der Waals surface area (Å²) in [6, 6.07) is 10.1. The number of nitrogens with one attached hydrogen (secondary N) is 1. The zero-order valence-electron chi connectivity index (χ0n) is 17.5. The summed E-state index contributed by atoms with van der Waals surface area (Å²) in [5, 5.41) is 8.40. The topological polar surface area (TPSA) is 85.8 Å². The standard InChI is InChI=1S/C22H27N5O.2ClH/c1-13(2)27-21-18(12-24-27)17(22(28)26-20(11-23)15-8-9-15)10-19(25-21)16-7-5-4-6-14(16)3;;/h4-7,10,12-13,15,20H,8-9,11,23H2,1-3H3,(H,26,28);2*1H. The summed E-state index contributed by atoms with van der Waals surface area (Å²) in [6.45, 7) is 6.64. The number of benzene rings is 1. The predicted molar refractivity (Wildman–Crippen MR) is 126 cm³/mol. The maximum absolute atomic E-state index is 13.2. The third-order valence-corrected chi connectivity index (χ3v) is 5.48. The summed E-state index contributed by atoms with van der Waals surface area (Å²) in [5.74, 6) is 0.397. The van der Waals surface area contributed by atoms with Gasteiger partial charge < -0.3 is 11.1 Å². The van der Waals surface area contributed by atoms with Crippen LogP contribution in [-0.4, -0.2) is 33.3 Å². The van der Waals surface area contributed by atoms with Crippen LogP contribution in [0.1, 0.15) is 48.7 Å². The summed E-state index contributed by atoms with van der Waals surface area (Å²) in [4.78, 5) is 18.0. The molecule has 0 radical (unpaired) electrons. The highest BCUT2D eigenvalue weighted by Gasteiger charge is 2.32. The Labute approximate surface area is 189 Å². The molecule has 8 heteroatoms. The van der Waals surface area contributed by atoms with Crippen molar-refractivity contribution in [2.24, 2.45) is 11.7 Å². The fourth-order valence-corrected chi connectivity index (χ4v) is 3.70. The summed E-state index contributed by atoms with van der Waals surface area (Å²) in [6.07, 6.45) is 4.01. The summed E-state index contributed by atoms with van der Waals surface area (Å²) in [7, 11) is 0. The van der Waals surface area contributed by atoms with E-state index in [2.05, 4.69) is 37.3 Å². The number of pyridine rings is 1. The lowest BCUT2D eigenvalue weighted by atomic mass is 10.0. The van der Waals surface area contributed by atoms with Gasteiger partial charge in [0.15, 0.2) is 5.65 Å². The van der Waals surface area contributed by atoms with E-state index in [1.54, 1.807) is 6.20 Å². The van der Waals surface area contributed by atoms with Crippen molar-refractivity contribution in [2.45, 2.75) is 45.7 Å². The molecule has 0 bridgehead atoms. The van der Waals surface area contributed by atoms with E-state index in [-0.39, 0.29) is 42.8 Å². The first-order valence-corrected chi connectivity index (χ1v) is 9.94. The third-order valence-electron chi connectivity index (χ3n) is 5.48. The van der Waals surface area contributed by atoms with E-state index in [0.29, 0.717) is 18.0 Å². The molecule has 1 amide bonds. The van der Waals surface area contributed by atoms with Crippen LogP contribution in [0.5, 0.6) is 0 Å². The van der Waals surface area contributed by atoms with Gasteiger partial charge in [-0.25, -0.2) is 9.67 Å². The van der Waals surface area contributed by atoms with E-state index in [1.807, 2.05) is 28.9 Å². The highest BCUT2D eigenvalue weighted by Crippen LogP contribution is 2.33. The number of fused-ring (bicyclic) bond motifs is 1. The van der Waals surface area contributed by atoms with Gasteiger partial charge in [-0.3, -0.25) is 4.79 Å². The SMILES string of the molecule is Cc1ccccc1-c1cc(C(=O)NC(CN)C2CC2)c2cnn(C(C)C)c2n1.Cl.Cl. The third kappa shape index (κ3) is 4.61. The summed E-state index contributed by atoms with van der Waals surface area (Å²) < 4.78 is 1.87. The molecule has 1 saturated carbocycles. The molecule has 30 heavy (non-hydrogen) atoms. The summed E-state index contributed by atoms with van der Waals surface area (Å²) in [5.41, 5.74) is 10.2. The Hall–Kier alpha value is -2.15. The van der Waals surface area contributed by atoms with Crippen LogP contribution >= 0.6 is 24.8 Å². The molecule has 6 nitrogen and oxygen atoms in total. The molecule has 1 aliphatic rings. The number of aromatic nitrogens is 3. The number of nitrogens with two attached hydrogens (primary N) is 1. The number of amides is 1. The van der Waals surface area contributed by atoms with Gasteiger partial charge in [0.05, 0.1) is 22.8 Å². The molecule has 2 aromatic heterocycles. The van der Waals surface area contributed by atoms with Gasteiger partial charge >= 0.3 is 0 Å². The number of rotatable bonds is 6. The highest BCUT2D eigenvalue weighted by molar-refractivity contribution is 6.06. The fraction of sp³-hybridized carbons (Fsp3) is 0.409. The second kappa shape index (κ2) is 9.77. The van der Waals surface area contributed by atoms with Crippen LogP contribution in [0, 0.1) is 12.8 Å². The minimum absolute atomic E-state index is 0. The first-order valence-electron chi connectivity index (χ1n) is 9.94. The molecule has 0 spiro atoms. The monoisotopic (exact) mass is 449 g/mol. The van der Waals surface area contributed by atoms with Crippen LogP contribution in [0.25, 0.3) is 22.3 Å². The minimum atomic E-state index is -0.104. The lowest BCUT2D eigenvalue weighted by Crippen LogP contribution is -2.41. The Morgan fingerprint density at radius 2 is 1.97 bits per heavy atom. The van der Waals surface area contributed by atoms with Gasteiger partial charge in [0.1, 0.15) is 0 Å². The van der Waals surface area contributed by atoms with Crippen molar-refractivity contribution < 1.29 is 4.79 Å². The first kappa shape index (κ1) is 24.1. The lowest BCUT2D eigenvalue weighted by molar-refractivity contribution is 0.0935. The summed E-state index contributed by atoms with van der Waals surface area (Å²) >= 11 is 0. The van der Waals surface area contributed by atoms with Crippen molar-refractivity contribution in [3.63, 3.8) is 0 Å². The molecule has 1 unspecified atom stereocenters. The van der Waals surface area contributed by atoms with Crippen LogP contribution in [0.2, 0.25) is 0 Å². The lowest BCUT2D eigenvalue weighted by Gasteiger charge is -2.17. The second-order valence-corrected chi connectivity index (χ2v) is 7.94. The number of carbonyl (C=O) groups is 1. The van der Waals surface area contributed by atoms with Crippen molar-refractivity contribution in [1.82, 2.24) is 20.1 Å². The average molecular weight is 450 g/mol. The molecule has 4 rings (SSSR count). The number of hydrogen-bond acceptors (Lipinski definition) is 4. The predicted octanol–water partition coefficient (Wildman–Crippen LogP) is 4.30. The van der Waals surface area contributed by atoms with Gasteiger partial charge in [-0.05, 0) is 51.2 Å². The maximum atomic E-state index is 13.2. The van der Waals surface area contributed by atoms with Gasteiger partial charge in [0, 0.05) is 24.2 Å². The molecule has 1 fully saturated rings. The van der Waals surface area contributed by atoms with Gasteiger partial charge in [0.2, 0.25) is 0 Å². The normalized spacial score (nSPS) is 14.2. The molecule has 3 aromatic rings. The van der Waals surface area contributed by atoms with Crippen LogP contribution < -0.4 is 11.1 Å². The highest BCUT2D eigenvalue weighted by atomic mass is 35.5. The van der Waals surface area contributed by atoms with Crippen molar-refractivity contribution >= 4 is 41.8 Å². The van der Waals surface area contributed by atoms with E-state index >= 15 is 0 Å². The van der Waals surface area contributed by atoms with E-state index in [0.717, 1.165) is 40.7 Å². The van der Waals surface area contributed by atoms with Gasteiger partial charge in [-0.1, -0.05) is 24.3 Å². The number of nitrogens with zero attached hydrogens (tertiary/aromatic N) is 3. The zero-order chi connectivity index (χ0) is 19.8. The van der Waals surface area contributed by atoms with Crippen LogP contribution in [0.4, 0.5) is 0 Å². The van der Waals surface area contributed by atoms with Crippen LogP contribution in [0.3, 0.4) is 0 Å². The Morgan fingerprint density at radius 1 is 1.27 bits per heavy atom. The van der Waals surface area contributed by atoms with E-state index in [9.17, 15) is 4.79 Å². The molecule has 1 aliphatic carbocycles. The number of aryl methyl sites for hydroxylation is 1. The fourth-order valence-electron chi connectivity index (χ4n) is 3.70. The molecule has 1 atom stereocenters.